The molecule has 0 fully saturated rings. The number of hydrogen-bond donors (Lipinski definition) is 1. The highest BCUT2D eigenvalue weighted by Gasteiger charge is 2.18. The Morgan fingerprint density at radius 1 is 1.24 bits per heavy atom. The maximum Gasteiger partial charge on any atom is 0.111 e. The Hall–Kier alpha value is -1.74. The molecule has 1 aromatic rings. The SMILES string of the molecule is ON=C1C=C2CC=CC=C2Sc2ccccc21. The van der Waals surface area contributed by atoms with Crippen molar-refractivity contribution in [1.29, 1.82) is 0 Å². The molecular formula is C14H11NOS. The third-order valence-electron chi connectivity index (χ3n) is 2.84. The van der Waals surface area contributed by atoms with Crippen LogP contribution in [0.4, 0.5) is 0 Å². The van der Waals surface area contributed by atoms with E-state index in [1.165, 1.54) is 10.5 Å². The van der Waals surface area contributed by atoms with Crippen LogP contribution >= 0.6 is 11.8 Å². The monoisotopic (exact) mass is 241 g/mol. The lowest BCUT2D eigenvalue weighted by Crippen LogP contribution is -1.98. The van der Waals surface area contributed by atoms with Gasteiger partial charge in [0, 0.05) is 15.4 Å². The van der Waals surface area contributed by atoms with Crippen LogP contribution in [0.5, 0.6) is 0 Å². The van der Waals surface area contributed by atoms with Crippen LogP contribution in [-0.4, -0.2) is 10.9 Å². The van der Waals surface area contributed by atoms with Gasteiger partial charge < -0.3 is 5.21 Å². The van der Waals surface area contributed by atoms with Crippen molar-refractivity contribution < 1.29 is 5.21 Å². The number of rotatable bonds is 0. The van der Waals surface area contributed by atoms with E-state index in [9.17, 15) is 0 Å². The van der Waals surface area contributed by atoms with E-state index in [1.807, 2.05) is 24.3 Å². The maximum absolute atomic E-state index is 9.15. The molecule has 1 aromatic carbocycles. The van der Waals surface area contributed by atoms with Gasteiger partial charge in [0.25, 0.3) is 0 Å². The Morgan fingerprint density at radius 3 is 3.00 bits per heavy atom. The van der Waals surface area contributed by atoms with Gasteiger partial charge in [-0.05, 0) is 30.2 Å². The Bertz CT molecular complexity index is 582. The summed E-state index contributed by atoms with van der Waals surface area (Å²) in [4.78, 5) is 2.37. The summed E-state index contributed by atoms with van der Waals surface area (Å²) < 4.78 is 0. The zero-order chi connectivity index (χ0) is 11.7. The molecule has 0 bridgehead atoms. The highest BCUT2D eigenvalue weighted by Crippen LogP contribution is 2.39. The number of allylic oxidation sites excluding steroid dienone is 5. The van der Waals surface area contributed by atoms with E-state index in [2.05, 4.69) is 29.5 Å². The first kappa shape index (κ1) is 10.4. The van der Waals surface area contributed by atoms with Gasteiger partial charge in [0.1, 0.15) is 5.71 Å². The van der Waals surface area contributed by atoms with E-state index >= 15 is 0 Å². The number of fused-ring (bicyclic) bond motifs is 2. The number of nitrogens with zero attached hydrogens (tertiary/aromatic N) is 1. The van der Waals surface area contributed by atoms with E-state index in [0.717, 1.165) is 16.9 Å². The van der Waals surface area contributed by atoms with Crippen LogP contribution in [0.3, 0.4) is 0 Å². The van der Waals surface area contributed by atoms with E-state index in [4.69, 9.17) is 5.21 Å². The van der Waals surface area contributed by atoms with Gasteiger partial charge in [-0.2, -0.15) is 0 Å². The molecule has 2 aliphatic rings. The Balaban J connectivity index is 2.20. The van der Waals surface area contributed by atoms with E-state index in [-0.39, 0.29) is 0 Å². The molecular weight excluding hydrogens is 230 g/mol. The van der Waals surface area contributed by atoms with Crippen LogP contribution in [0.2, 0.25) is 0 Å². The fraction of sp³-hybridized carbons (Fsp3) is 0.0714. The summed E-state index contributed by atoms with van der Waals surface area (Å²) in [5, 5.41) is 12.6. The van der Waals surface area contributed by atoms with Crippen molar-refractivity contribution in [3.05, 3.63) is 64.6 Å². The molecule has 0 radical (unpaired) electrons. The van der Waals surface area contributed by atoms with Crippen molar-refractivity contribution in [2.24, 2.45) is 5.16 Å². The molecule has 0 amide bonds. The molecule has 17 heavy (non-hydrogen) atoms. The second-order valence-corrected chi connectivity index (χ2v) is 5.00. The minimum absolute atomic E-state index is 0.641. The van der Waals surface area contributed by atoms with E-state index in [1.54, 1.807) is 11.8 Å². The third-order valence-corrected chi connectivity index (χ3v) is 4.03. The van der Waals surface area contributed by atoms with Gasteiger partial charge in [0.15, 0.2) is 0 Å². The van der Waals surface area contributed by atoms with Crippen LogP contribution in [-0.2, 0) is 0 Å². The molecule has 1 aliphatic heterocycles. The zero-order valence-corrected chi connectivity index (χ0v) is 9.95. The summed E-state index contributed by atoms with van der Waals surface area (Å²) in [6.07, 6.45) is 9.15. The normalized spacial score (nSPS) is 20.1. The first-order valence-corrected chi connectivity index (χ1v) is 6.27. The van der Waals surface area contributed by atoms with Crippen molar-refractivity contribution in [2.45, 2.75) is 11.3 Å². The van der Waals surface area contributed by atoms with Gasteiger partial charge in [-0.15, -0.1) is 0 Å². The van der Waals surface area contributed by atoms with Gasteiger partial charge >= 0.3 is 0 Å². The molecule has 0 atom stereocenters. The van der Waals surface area contributed by atoms with Crippen molar-refractivity contribution in [3.8, 4) is 0 Å². The van der Waals surface area contributed by atoms with Gasteiger partial charge in [-0.25, -0.2) is 0 Å². The average molecular weight is 241 g/mol. The summed E-state index contributed by atoms with van der Waals surface area (Å²) in [7, 11) is 0. The smallest absolute Gasteiger partial charge is 0.111 e. The topological polar surface area (TPSA) is 32.6 Å². The molecule has 2 nitrogen and oxygen atoms in total. The summed E-state index contributed by atoms with van der Waals surface area (Å²) in [5.74, 6) is 0. The Morgan fingerprint density at radius 2 is 2.12 bits per heavy atom. The lowest BCUT2D eigenvalue weighted by molar-refractivity contribution is 0.320. The highest BCUT2D eigenvalue weighted by molar-refractivity contribution is 8.03. The molecule has 1 N–H and O–H groups in total. The van der Waals surface area contributed by atoms with Crippen LogP contribution in [0.1, 0.15) is 12.0 Å². The molecule has 3 rings (SSSR count). The van der Waals surface area contributed by atoms with Gasteiger partial charge in [0.2, 0.25) is 0 Å². The van der Waals surface area contributed by atoms with Crippen molar-refractivity contribution in [1.82, 2.24) is 0 Å². The Labute approximate surface area is 104 Å². The minimum atomic E-state index is 0.641. The number of oxime groups is 1. The summed E-state index contributed by atoms with van der Waals surface area (Å²) in [6.45, 7) is 0. The second-order valence-electron chi connectivity index (χ2n) is 3.92. The molecule has 0 unspecified atom stereocenters. The predicted molar refractivity (Wildman–Crippen MR) is 70.5 cm³/mol. The molecule has 0 saturated heterocycles. The van der Waals surface area contributed by atoms with Gasteiger partial charge in [-0.1, -0.05) is 47.3 Å². The summed E-state index contributed by atoms with van der Waals surface area (Å²) in [5.41, 5.74) is 2.84. The molecule has 0 saturated carbocycles. The Kier molecular flexibility index (Phi) is 2.61. The quantitative estimate of drug-likeness (QED) is 0.554. The lowest BCUT2D eigenvalue weighted by atomic mass is 10.0. The molecule has 0 aromatic heterocycles. The van der Waals surface area contributed by atoms with Crippen LogP contribution < -0.4 is 0 Å². The van der Waals surface area contributed by atoms with Crippen molar-refractivity contribution >= 4 is 17.5 Å². The molecule has 84 valence electrons. The molecule has 3 heteroatoms. The maximum atomic E-state index is 9.15. The fourth-order valence-corrected chi connectivity index (χ4v) is 3.08. The largest absolute Gasteiger partial charge is 0.410 e. The average Bonchev–Trinajstić information content (AvgIpc) is 2.54. The van der Waals surface area contributed by atoms with Gasteiger partial charge in [0.05, 0.1) is 0 Å². The van der Waals surface area contributed by atoms with Crippen molar-refractivity contribution in [2.75, 3.05) is 0 Å². The van der Waals surface area contributed by atoms with Crippen molar-refractivity contribution in [3.63, 3.8) is 0 Å². The highest BCUT2D eigenvalue weighted by atomic mass is 32.2. The predicted octanol–water partition coefficient (Wildman–Crippen LogP) is 3.74. The third kappa shape index (κ3) is 1.83. The first-order chi connectivity index (χ1) is 8.38. The number of benzene rings is 1. The number of hydrogen-bond acceptors (Lipinski definition) is 3. The fourth-order valence-electron chi connectivity index (χ4n) is 2.00. The van der Waals surface area contributed by atoms with E-state index < -0.39 is 0 Å². The first-order valence-electron chi connectivity index (χ1n) is 5.45. The number of thioether (sulfide) groups is 1. The van der Waals surface area contributed by atoms with Crippen LogP contribution in [0, 0.1) is 0 Å². The zero-order valence-electron chi connectivity index (χ0n) is 9.13. The standard InChI is InChI=1S/C14H11NOS/c16-15-12-9-10-5-1-3-7-13(10)17-14-8-4-2-6-11(12)14/h1-4,6-9,16H,5H2. The lowest BCUT2D eigenvalue weighted by Gasteiger charge is -2.10. The molecule has 1 aliphatic carbocycles. The molecule has 0 spiro atoms. The molecule has 1 heterocycles. The van der Waals surface area contributed by atoms with Crippen LogP contribution in [0.25, 0.3) is 0 Å². The second kappa shape index (κ2) is 4.26. The summed E-state index contributed by atoms with van der Waals surface area (Å²) in [6, 6.07) is 8.01. The minimum Gasteiger partial charge on any atom is -0.410 e. The van der Waals surface area contributed by atoms with E-state index in [0.29, 0.717) is 5.71 Å². The van der Waals surface area contributed by atoms with Crippen LogP contribution in [0.15, 0.2) is 69.1 Å². The summed E-state index contributed by atoms with van der Waals surface area (Å²) >= 11 is 1.73. The van der Waals surface area contributed by atoms with Gasteiger partial charge in [-0.3, -0.25) is 0 Å².